The Bertz CT molecular complexity index is 201. The lowest BCUT2D eigenvalue weighted by Gasteiger charge is -2.22. The molecule has 1 rings (SSSR count). The minimum Gasteiger partial charge on any atom is -0.388 e. The maximum Gasteiger partial charge on any atom is 0.234 e. The molecule has 0 atom stereocenters. The molecule has 0 aromatic carbocycles. The SMILES string of the molecule is CCCNCC(=O)NCC1(O)CCCC1. The number of rotatable bonds is 6. The Hall–Kier alpha value is -0.610. The van der Waals surface area contributed by atoms with Gasteiger partial charge in [-0.15, -0.1) is 0 Å². The van der Waals surface area contributed by atoms with Gasteiger partial charge >= 0.3 is 0 Å². The van der Waals surface area contributed by atoms with E-state index < -0.39 is 5.60 Å². The Morgan fingerprint density at radius 3 is 2.67 bits per heavy atom. The summed E-state index contributed by atoms with van der Waals surface area (Å²) < 4.78 is 0. The molecule has 0 aromatic rings. The lowest BCUT2D eigenvalue weighted by atomic mass is 10.0. The Morgan fingerprint density at radius 2 is 2.07 bits per heavy atom. The van der Waals surface area contributed by atoms with Gasteiger partial charge in [0.1, 0.15) is 0 Å². The van der Waals surface area contributed by atoms with E-state index in [1.54, 1.807) is 0 Å². The van der Waals surface area contributed by atoms with Gasteiger partial charge in [-0.05, 0) is 25.8 Å². The van der Waals surface area contributed by atoms with Crippen molar-refractivity contribution in [2.45, 2.75) is 44.6 Å². The van der Waals surface area contributed by atoms with Crippen LogP contribution in [0.2, 0.25) is 0 Å². The van der Waals surface area contributed by atoms with Gasteiger partial charge in [0.05, 0.1) is 12.1 Å². The molecular formula is C11H22N2O2. The van der Waals surface area contributed by atoms with Crippen LogP contribution >= 0.6 is 0 Å². The van der Waals surface area contributed by atoms with E-state index >= 15 is 0 Å². The third-order valence-electron chi connectivity index (χ3n) is 2.86. The molecule has 0 heterocycles. The number of carbonyl (C=O) groups excluding carboxylic acids is 1. The molecule has 0 unspecified atom stereocenters. The Balaban J connectivity index is 2.10. The fourth-order valence-electron chi connectivity index (χ4n) is 1.91. The number of hydrogen-bond donors (Lipinski definition) is 3. The van der Waals surface area contributed by atoms with Crippen molar-refractivity contribution >= 4 is 5.91 Å². The molecule has 0 aromatic heterocycles. The smallest absolute Gasteiger partial charge is 0.234 e. The highest BCUT2D eigenvalue weighted by Crippen LogP contribution is 2.28. The molecule has 0 bridgehead atoms. The number of carbonyl (C=O) groups is 1. The van der Waals surface area contributed by atoms with Crippen LogP contribution in [0, 0.1) is 0 Å². The third kappa shape index (κ3) is 4.62. The highest BCUT2D eigenvalue weighted by Gasteiger charge is 2.31. The van der Waals surface area contributed by atoms with Gasteiger partial charge in [-0.1, -0.05) is 19.8 Å². The summed E-state index contributed by atoms with van der Waals surface area (Å²) in [6.45, 7) is 3.67. The van der Waals surface area contributed by atoms with Gasteiger partial charge in [-0.3, -0.25) is 4.79 Å². The number of amides is 1. The molecule has 88 valence electrons. The summed E-state index contributed by atoms with van der Waals surface area (Å²) in [6.07, 6.45) is 4.80. The second-order valence-corrected chi connectivity index (χ2v) is 4.38. The Labute approximate surface area is 91.4 Å². The lowest BCUT2D eigenvalue weighted by Crippen LogP contribution is -2.43. The molecule has 0 spiro atoms. The molecule has 15 heavy (non-hydrogen) atoms. The van der Waals surface area contributed by atoms with Crippen LogP contribution in [0.5, 0.6) is 0 Å². The van der Waals surface area contributed by atoms with Gasteiger partial charge in [0.2, 0.25) is 5.91 Å². The van der Waals surface area contributed by atoms with Gasteiger partial charge in [0, 0.05) is 6.54 Å². The molecule has 1 aliphatic carbocycles. The lowest BCUT2D eigenvalue weighted by molar-refractivity contribution is -0.121. The zero-order chi connectivity index (χ0) is 11.1. The van der Waals surface area contributed by atoms with Crippen molar-refractivity contribution in [2.24, 2.45) is 0 Å². The van der Waals surface area contributed by atoms with E-state index in [1.165, 1.54) is 0 Å². The molecule has 0 aliphatic heterocycles. The van der Waals surface area contributed by atoms with E-state index in [4.69, 9.17) is 0 Å². The van der Waals surface area contributed by atoms with Gasteiger partial charge in [0.25, 0.3) is 0 Å². The summed E-state index contributed by atoms with van der Waals surface area (Å²) in [4.78, 5) is 11.3. The minimum atomic E-state index is -0.638. The van der Waals surface area contributed by atoms with Crippen LogP contribution in [0.15, 0.2) is 0 Å². The average molecular weight is 214 g/mol. The van der Waals surface area contributed by atoms with Crippen molar-refractivity contribution in [2.75, 3.05) is 19.6 Å². The van der Waals surface area contributed by atoms with Gasteiger partial charge in [0.15, 0.2) is 0 Å². The van der Waals surface area contributed by atoms with Crippen LogP contribution in [0.3, 0.4) is 0 Å². The van der Waals surface area contributed by atoms with E-state index in [0.717, 1.165) is 38.6 Å². The van der Waals surface area contributed by atoms with Gasteiger partial charge in [-0.25, -0.2) is 0 Å². The predicted octanol–water partition coefficient (Wildman–Crippen LogP) is 0.407. The number of nitrogens with one attached hydrogen (secondary N) is 2. The predicted molar refractivity (Wildman–Crippen MR) is 59.6 cm³/mol. The fraction of sp³-hybridized carbons (Fsp3) is 0.909. The largest absolute Gasteiger partial charge is 0.388 e. The monoisotopic (exact) mass is 214 g/mol. The summed E-state index contributed by atoms with van der Waals surface area (Å²) in [5, 5.41) is 15.8. The van der Waals surface area contributed by atoms with Crippen LogP contribution in [-0.2, 0) is 4.79 Å². The molecule has 1 fully saturated rings. The number of aliphatic hydroxyl groups is 1. The van der Waals surface area contributed by atoms with Gasteiger partial charge in [-0.2, -0.15) is 0 Å². The van der Waals surface area contributed by atoms with Crippen molar-refractivity contribution in [3.8, 4) is 0 Å². The molecule has 3 N–H and O–H groups in total. The zero-order valence-corrected chi connectivity index (χ0v) is 9.51. The maximum atomic E-state index is 11.3. The van der Waals surface area contributed by atoms with Crippen molar-refractivity contribution in [3.63, 3.8) is 0 Å². The van der Waals surface area contributed by atoms with Crippen LogP contribution in [0.25, 0.3) is 0 Å². The normalized spacial score (nSPS) is 19.1. The summed E-state index contributed by atoms with van der Waals surface area (Å²) in [7, 11) is 0. The second-order valence-electron chi connectivity index (χ2n) is 4.38. The van der Waals surface area contributed by atoms with Crippen LogP contribution in [0.4, 0.5) is 0 Å². The van der Waals surface area contributed by atoms with Crippen LogP contribution in [-0.4, -0.2) is 36.2 Å². The van der Waals surface area contributed by atoms with E-state index in [1.807, 2.05) is 0 Å². The summed E-state index contributed by atoms with van der Waals surface area (Å²) in [6, 6.07) is 0. The van der Waals surface area contributed by atoms with Crippen LogP contribution < -0.4 is 10.6 Å². The molecular weight excluding hydrogens is 192 g/mol. The molecule has 1 saturated carbocycles. The first-order chi connectivity index (χ1) is 7.16. The van der Waals surface area contributed by atoms with Crippen molar-refractivity contribution < 1.29 is 9.90 Å². The number of hydrogen-bond acceptors (Lipinski definition) is 3. The maximum absolute atomic E-state index is 11.3. The van der Waals surface area contributed by atoms with Crippen molar-refractivity contribution in [3.05, 3.63) is 0 Å². The van der Waals surface area contributed by atoms with E-state index in [-0.39, 0.29) is 5.91 Å². The third-order valence-corrected chi connectivity index (χ3v) is 2.86. The first-order valence-corrected chi connectivity index (χ1v) is 5.86. The highest BCUT2D eigenvalue weighted by molar-refractivity contribution is 5.78. The van der Waals surface area contributed by atoms with E-state index in [2.05, 4.69) is 17.6 Å². The highest BCUT2D eigenvalue weighted by atomic mass is 16.3. The first kappa shape index (κ1) is 12.5. The molecule has 0 saturated heterocycles. The zero-order valence-electron chi connectivity index (χ0n) is 9.51. The molecule has 1 amide bonds. The Kier molecular flexibility index (Phi) is 5.05. The summed E-state index contributed by atoms with van der Waals surface area (Å²) in [5.41, 5.74) is -0.638. The molecule has 0 radical (unpaired) electrons. The topological polar surface area (TPSA) is 61.4 Å². The Morgan fingerprint density at radius 1 is 1.40 bits per heavy atom. The average Bonchev–Trinajstić information content (AvgIpc) is 2.64. The van der Waals surface area contributed by atoms with Gasteiger partial charge < -0.3 is 15.7 Å². The second kappa shape index (κ2) is 6.08. The minimum absolute atomic E-state index is 0.0243. The molecule has 1 aliphatic rings. The summed E-state index contributed by atoms with van der Waals surface area (Å²) >= 11 is 0. The standard InChI is InChI=1S/C11H22N2O2/c1-2-7-12-8-10(14)13-9-11(15)5-3-4-6-11/h12,15H,2-9H2,1H3,(H,13,14). The van der Waals surface area contributed by atoms with Crippen molar-refractivity contribution in [1.82, 2.24) is 10.6 Å². The fourth-order valence-corrected chi connectivity index (χ4v) is 1.91. The van der Waals surface area contributed by atoms with E-state index in [9.17, 15) is 9.90 Å². The molecule has 4 nitrogen and oxygen atoms in total. The van der Waals surface area contributed by atoms with Crippen molar-refractivity contribution in [1.29, 1.82) is 0 Å². The summed E-state index contributed by atoms with van der Waals surface area (Å²) in [5.74, 6) is -0.0243. The quantitative estimate of drug-likeness (QED) is 0.561. The first-order valence-electron chi connectivity index (χ1n) is 5.86. The van der Waals surface area contributed by atoms with E-state index in [0.29, 0.717) is 13.1 Å². The van der Waals surface area contributed by atoms with Crippen LogP contribution in [0.1, 0.15) is 39.0 Å². The molecule has 4 heteroatoms.